The lowest BCUT2D eigenvalue weighted by Gasteiger charge is -2.10. The van der Waals surface area contributed by atoms with Crippen LogP contribution in [0.1, 0.15) is 16.1 Å². The number of nitrogens with one attached hydrogen (secondary N) is 2. The molecule has 21 heavy (non-hydrogen) atoms. The predicted molar refractivity (Wildman–Crippen MR) is 80.8 cm³/mol. The van der Waals surface area contributed by atoms with Gasteiger partial charge in [-0.2, -0.15) is 0 Å². The molecule has 0 saturated carbocycles. The van der Waals surface area contributed by atoms with Crippen LogP contribution in [-0.4, -0.2) is 31.7 Å². The number of aromatic amines is 1. The van der Waals surface area contributed by atoms with Crippen molar-refractivity contribution in [2.45, 2.75) is 6.42 Å². The maximum atomic E-state index is 11.8. The molecule has 6 nitrogen and oxygen atoms in total. The van der Waals surface area contributed by atoms with Gasteiger partial charge in [0.25, 0.3) is 5.91 Å². The Kier molecular flexibility index (Phi) is 4.71. The number of anilines is 1. The number of nitrogens with two attached hydrogens (primary N) is 1. The summed E-state index contributed by atoms with van der Waals surface area (Å²) in [4.78, 5) is 14.6. The van der Waals surface area contributed by atoms with E-state index in [1.54, 1.807) is 26.5 Å². The number of H-pyrrole nitrogens is 1. The molecule has 1 amide bonds. The van der Waals surface area contributed by atoms with Gasteiger partial charge < -0.3 is 25.5 Å². The van der Waals surface area contributed by atoms with Crippen molar-refractivity contribution in [3.63, 3.8) is 0 Å². The summed E-state index contributed by atoms with van der Waals surface area (Å²) in [7, 11) is 3.19. The van der Waals surface area contributed by atoms with E-state index in [0.29, 0.717) is 35.8 Å². The van der Waals surface area contributed by atoms with Gasteiger partial charge in [-0.15, -0.1) is 0 Å². The summed E-state index contributed by atoms with van der Waals surface area (Å²) in [6, 6.07) is 7.30. The third-order valence-electron chi connectivity index (χ3n) is 3.10. The summed E-state index contributed by atoms with van der Waals surface area (Å²) in [6.07, 6.45) is 2.28. The molecule has 2 rings (SSSR count). The molecule has 112 valence electrons. The van der Waals surface area contributed by atoms with E-state index >= 15 is 0 Å². The summed E-state index contributed by atoms with van der Waals surface area (Å²) < 4.78 is 10.4. The number of methoxy groups -OCH3 is 2. The number of carbonyl (C=O) groups is 1. The molecule has 0 unspecified atom stereocenters. The third-order valence-corrected chi connectivity index (χ3v) is 3.10. The molecule has 0 aliphatic rings. The molecule has 1 aromatic carbocycles. The first-order chi connectivity index (χ1) is 10.1. The molecule has 0 atom stereocenters. The molecule has 2 aromatic rings. The highest BCUT2D eigenvalue weighted by atomic mass is 16.5. The fourth-order valence-corrected chi connectivity index (χ4v) is 1.99. The number of benzene rings is 1. The second-order valence-electron chi connectivity index (χ2n) is 4.54. The van der Waals surface area contributed by atoms with Crippen molar-refractivity contribution in [2.75, 3.05) is 26.5 Å². The average molecular weight is 289 g/mol. The van der Waals surface area contributed by atoms with Crippen molar-refractivity contribution in [3.8, 4) is 11.5 Å². The maximum absolute atomic E-state index is 11.8. The second-order valence-corrected chi connectivity index (χ2v) is 4.54. The lowest BCUT2D eigenvalue weighted by atomic mass is 10.1. The molecule has 0 radical (unpaired) electrons. The molecule has 0 aliphatic heterocycles. The minimum atomic E-state index is -0.174. The van der Waals surface area contributed by atoms with Crippen LogP contribution in [0.2, 0.25) is 0 Å². The molecule has 0 spiro atoms. The molecule has 4 N–H and O–H groups in total. The lowest BCUT2D eigenvalue weighted by molar-refractivity contribution is 0.0950. The summed E-state index contributed by atoms with van der Waals surface area (Å²) in [6.45, 7) is 0.521. The molecule has 6 heteroatoms. The van der Waals surface area contributed by atoms with Crippen LogP contribution in [0.3, 0.4) is 0 Å². The third kappa shape index (κ3) is 3.68. The minimum Gasteiger partial charge on any atom is -0.493 e. The number of rotatable bonds is 6. The van der Waals surface area contributed by atoms with Gasteiger partial charge in [-0.05, 0) is 30.2 Å². The van der Waals surface area contributed by atoms with E-state index < -0.39 is 0 Å². The second kappa shape index (κ2) is 6.69. The smallest absolute Gasteiger partial charge is 0.267 e. The predicted octanol–water partition coefficient (Wildman–Crippen LogP) is 1.59. The van der Waals surface area contributed by atoms with Gasteiger partial charge in [-0.3, -0.25) is 4.79 Å². The van der Waals surface area contributed by atoms with E-state index in [0.717, 1.165) is 5.56 Å². The van der Waals surface area contributed by atoms with Gasteiger partial charge in [0.2, 0.25) is 0 Å². The van der Waals surface area contributed by atoms with Gasteiger partial charge in [0.1, 0.15) is 5.69 Å². The van der Waals surface area contributed by atoms with Crippen LogP contribution in [0.25, 0.3) is 0 Å². The number of amides is 1. The molecule has 0 bridgehead atoms. The van der Waals surface area contributed by atoms with Crippen LogP contribution in [0.15, 0.2) is 30.5 Å². The Bertz CT molecular complexity index is 622. The van der Waals surface area contributed by atoms with Crippen LogP contribution in [0.4, 0.5) is 5.69 Å². The van der Waals surface area contributed by atoms with Gasteiger partial charge in [0.05, 0.1) is 14.2 Å². The summed E-state index contributed by atoms with van der Waals surface area (Å²) >= 11 is 0. The Morgan fingerprint density at radius 1 is 1.24 bits per heavy atom. The van der Waals surface area contributed by atoms with Crippen LogP contribution in [0, 0.1) is 0 Å². The Morgan fingerprint density at radius 3 is 2.62 bits per heavy atom. The summed E-state index contributed by atoms with van der Waals surface area (Å²) in [5.74, 6) is 1.19. The van der Waals surface area contributed by atoms with Crippen molar-refractivity contribution in [2.24, 2.45) is 0 Å². The molecule has 0 aliphatic carbocycles. The standard InChI is InChI=1S/C15H19N3O3/c1-20-13-4-3-10(7-14(13)21-2)5-6-17-15(19)12-8-11(16)9-18-12/h3-4,7-9,18H,5-6,16H2,1-2H3,(H,17,19). The summed E-state index contributed by atoms with van der Waals surface area (Å²) in [5, 5.41) is 2.83. The van der Waals surface area contributed by atoms with E-state index in [9.17, 15) is 4.79 Å². The van der Waals surface area contributed by atoms with E-state index in [1.807, 2.05) is 18.2 Å². The first-order valence-corrected chi connectivity index (χ1v) is 6.57. The quantitative estimate of drug-likeness (QED) is 0.753. The number of ether oxygens (including phenoxy) is 2. The number of hydrogen-bond acceptors (Lipinski definition) is 4. The minimum absolute atomic E-state index is 0.174. The highest BCUT2D eigenvalue weighted by Gasteiger charge is 2.08. The zero-order valence-electron chi connectivity index (χ0n) is 12.1. The van der Waals surface area contributed by atoms with Crippen molar-refractivity contribution in [3.05, 3.63) is 41.7 Å². The zero-order valence-corrected chi connectivity index (χ0v) is 12.1. The molecule has 0 saturated heterocycles. The Morgan fingerprint density at radius 2 is 2.00 bits per heavy atom. The molecular weight excluding hydrogens is 270 g/mol. The SMILES string of the molecule is COc1ccc(CCNC(=O)c2cc(N)c[nH]2)cc1OC. The Balaban J connectivity index is 1.90. The first kappa shape index (κ1) is 14.8. The fourth-order valence-electron chi connectivity index (χ4n) is 1.99. The van der Waals surface area contributed by atoms with Crippen LogP contribution < -0.4 is 20.5 Å². The highest BCUT2D eigenvalue weighted by molar-refractivity contribution is 5.93. The molecule has 1 heterocycles. The number of carbonyl (C=O) groups excluding carboxylic acids is 1. The van der Waals surface area contributed by atoms with Gasteiger partial charge in [-0.25, -0.2) is 0 Å². The topological polar surface area (TPSA) is 89.4 Å². The van der Waals surface area contributed by atoms with Crippen LogP contribution in [-0.2, 0) is 6.42 Å². The Hall–Kier alpha value is -2.63. The zero-order chi connectivity index (χ0) is 15.2. The lowest BCUT2D eigenvalue weighted by Crippen LogP contribution is -2.25. The maximum Gasteiger partial charge on any atom is 0.267 e. The number of aromatic nitrogens is 1. The normalized spacial score (nSPS) is 10.2. The van der Waals surface area contributed by atoms with Gasteiger partial charge in [-0.1, -0.05) is 6.07 Å². The van der Waals surface area contributed by atoms with Crippen molar-refractivity contribution < 1.29 is 14.3 Å². The number of nitrogen functional groups attached to an aromatic ring is 1. The van der Waals surface area contributed by atoms with Crippen molar-refractivity contribution in [1.82, 2.24) is 10.3 Å². The summed E-state index contributed by atoms with van der Waals surface area (Å²) in [5.41, 5.74) is 7.61. The Labute approximate surface area is 123 Å². The van der Waals surface area contributed by atoms with Gasteiger partial charge in [0, 0.05) is 18.4 Å². The van der Waals surface area contributed by atoms with Crippen LogP contribution >= 0.6 is 0 Å². The molecule has 1 aromatic heterocycles. The van der Waals surface area contributed by atoms with Crippen molar-refractivity contribution in [1.29, 1.82) is 0 Å². The first-order valence-electron chi connectivity index (χ1n) is 6.57. The fraction of sp³-hybridized carbons (Fsp3) is 0.267. The molecule has 0 fully saturated rings. The van der Waals surface area contributed by atoms with E-state index in [2.05, 4.69) is 10.3 Å². The molecular formula is C15H19N3O3. The number of hydrogen-bond donors (Lipinski definition) is 3. The monoisotopic (exact) mass is 289 g/mol. The largest absolute Gasteiger partial charge is 0.493 e. The van der Waals surface area contributed by atoms with Gasteiger partial charge in [0.15, 0.2) is 11.5 Å². The van der Waals surface area contributed by atoms with E-state index in [-0.39, 0.29) is 5.91 Å². The van der Waals surface area contributed by atoms with E-state index in [4.69, 9.17) is 15.2 Å². The van der Waals surface area contributed by atoms with E-state index in [1.165, 1.54) is 0 Å². The van der Waals surface area contributed by atoms with Crippen molar-refractivity contribution >= 4 is 11.6 Å². The van der Waals surface area contributed by atoms with Gasteiger partial charge >= 0.3 is 0 Å². The highest BCUT2D eigenvalue weighted by Crippen LogP contribution is 2.27. The van der Waals surface area contributed by atoms with Crippen LogP contribution in [0.5, 0.6) is 11.5 Å². The average Bonchev–Trinajstić information content (AvgIpc) is 2.93.